The molecule has 0 radical (unpaired) electrons. The number of benzene rings is 2. The summed E-state index contributed by atoms with van der Waals surface area (Å²) >= 11 is 5.52. The largest absolute Gasteiger partial charge is 0.435 e. The van der Waals surface area contributed by atoms with Crippen molar-refractivity contribution in [3.8, 4) is 0 Å². The third-order valence-electron chi connectivity index (χ3n) is 6.25. The highest BCUT2D eigenvalue weighted by Gasteiger charge is 2.62. The highest BCUT2D eigenvalue weighted by molar-refractivity contribution is 6.31. The smallest absolute Gasteiger partial charge is 0.374 e. The van der Waals surface area contributed by atoms with Gasteiger partial charge in [0.1, 0.15) is 6.42 Å². The molecule has 1 amide bonds. The summed E-state index contributed by atoms with van der Waals surface area (Å²) in [5.74, 6) is -1.29. The van der Waals surface area contributed by atoms with Crippen molar-refractivity contribution >= 4 is 23.2 Å². The molecule has 4 rings (SSSR count). The number of hydrogen-bond donors (Lipinski definition) is 0. The van der Waals surface area contributed by atoms with Gasteiger partial charge in [-0.1, -0.05) is 47.1 Å². The van der Waals surface area contributed by atoms with Crippen LogP contribution in [-0.4, -0.2) is 42.0 Å². The number of alkyl halides is 10. The van der Waals surface area contributed by atoms with Crippen molar-refractivity contribution in [2.45, 2.75) is 42.6 Å². The predicted molar refractivity (Wildman–Crippen MR) is 113 cm³/mol. The molecule has 0 spiro atoms. The van der Waals surface area contributed by atoms with Gasteiger partial charge < -0.3 is 9.74 Å². The van der Waals surface area contributed by atoms with Crippen LogP contribution in [0.4, 0.5) is 43.9 Å². The zero-order chi connectivity index (χ0) is 28.3. The lowest BCUT2D eigenvalue weighted by Gasteiger charge is -2.44. The van der Waals surface area contributed by atoms with Crippen LogP contribution >= 0.6 is 11.6 Å². The molecule has 1 unspecified atom stereocenters. The molecule has 38 heavy (non-hydrogen) atoms. The highest BCUT2D eigenvalue weighted by Crippen LogP contribution is 2.50. The van der Waals surface area contributed by atoms with Crippen molar-refractivity contribution in [1.82, 2.24) is 4.90 Å². The Hall–Kier alpha value is -3.03. The first kappa shape index (κ1) is 28.0. The van der Waals surface area contributed by atoms with Gasteiger partial charge in [-0.05, 0) is 23.3 Å². The van der Waals surface area contributed by atoms with Gasteiger partial charge in [-0.2, -0.15) is 39.5 Å². The van der Waals surface area contributed by atoms with E-state index >= 15 is 4.39 Å². The second-order valence-corrected chi connectivity index (χ2v) is 9.31. The van der Waals surface area contributed by atoms with Crippen LogP contribution in [0, 0.1) is 0 Å². The molecule has 0 saturated carbocycles. The van der Waals surface area contributed by atoms with E-state index in [0.717, 1.165) is 6.07 Å². The van der Waals surface area contributed by atoms with Gasteiger partial charge in [0, 0.05) is 12.0 Å². The fraction of sp³-hybridized carbons (Fsp3) is 0.391. The van der Waals surface area contributed by atoms with Gasteiger partial charge in [-0.3, -0.25) is 4.79 Å². The van der Waals surface area contributed by atoms with Crippen molar-refractivity contribution in [1.29, 1.82) is 0 Å². The number of nitrogens with zero attached hydrogens (tertiary/aromatic N) is 2. The lowest BCUT2D eigenvalue weighted by Crippen LogP contribution is -2.59. The summed E-state index contributed by atoms with van der Waals surface area (Å²) in [6.07, 6.45) is -17.7. The van der Waals surface area contributed by atoms with Gasteiger partial charge in [0.15, 0.2) is 5.67 Å². The topological polar surface area (TPSA) is 41.9 Å². The lowest BCUT2D eigenvalue weighted by molar-refractivity contribution is -0.276. The van der Waals surface area contributed by atoms with E-state index in [9.17, 15) is 44.3 Å². The van der Waals surface area contributed by atoms with Crippen LogP contribution in [0.15, 0.2) is 47.6 Å². The summed E-state index contributed by atoms with van der Waals surface area (Å²) < 4.78 is 134. The second-order valence-electron chi connectivity index (χ2n) is 8.91. The fourth-order valence-corrected chi connectivity index (χ4v) is 4.44. The third-order valence-corrected chi connectivity index (χ3v) is 6.58. The second kappa shape index (κ2) is 9.02. The molecule has 1 fully saturated rings. The zero-order valence-corrected chi connectivity index (χ0v) is 19.5. The van der Waals surface area contributed by atoms with Crippen LogP contribution in [0.2, 0.25) is 5.02 Å². The van der Waals surface area contributed by atoms with Crippen molar-refractivity contribution in [3.63, 3.8) is 0 Å². The number of oxime groups is 1. The zero-order valence-electron chi connectivity index (χ0n) is 18.7. The molecule has 2 aromatic carbocycles. The van der Waals surface area contributed by atoms with Crippen LogP contribution < -0.4 is 0 Å². The van der Waals surface area contributed by atoms with Crippen molar-refractivity contribution in [2.24, 2.45) is 5.16 Å². The summed E-state index contributed by atoms with van der Waals surface area (Å²) in [5, 5.41) is 2.64. The Morgan fingerprint density at radius 1 is 0.947 bits per heavy atom. The molecule has 2 aromatic rings. The first-order chi connectivity index (χ1) is 17.3. The van der Waals surface area contributed by atoms with Crippen LogP contribution in [-0.2, 0) is 27.1 Å². The molecular weight excluding hydrogens is 562 g/mol. The molecular formula is C23H15ClF10N2O2. The minimum absolute atomic E-state index is 0.0357. The molecule has 1 saturated heterocycles. The Bertz CT molecular complexity index is 1260. The van der Waals surface area contributed by atoms with E-state index in [1.54, 1.807) is 0 Å². The number of carbonyl (C=O) groups excluding carboxylic acids is 1. The summed E-state index contributed by atoms with van der Waals surface area (Å²) in [5.41, 5.74) is -8.07. The predicted octanol–water partition coefficient (Wildman–Crippen LogP) is 6.90. The first-order valence-corrected chi connectivity index (χ1v) is 11.1. The van der Waals surface area contributed by atoms with Gasteiger partial charge >= 0.3 is 18.5 Å². The summed E-state index contributed by atoms with van der Waals surface area (Å²) in [6.45, 7) is -1.28. The Morgan fingerprint density at radius 3 is 2.05 bits per heavy atom. The molecule has 2 heterocycles. The average Bonchev–Trinajstić information content (AvgIpc) is 3.22. The lowest BCUT2D eigenvalue weighted by atomic mass is 9.84. The molecule has 1 atom stereocenters. The van der Waals surface area contributed by atoms with Crippen molar-refractivity contribution < 1.29 is 53.5 Å². The van der Waals surface area contributed by atoms with E-state index in [4.69, 9.17) is 16.4 Å². The number of likely N-dealkylation sites (tertiary alicyclic amines) is 1. The number of amides is 1. The normalized spacial score (nSPS) is 21.6. The van der Waals surface area contributed by atoms with Gasteiger partial charge in [0.25, 0.3) is 5.60 Å². The van der Waals surface area contributed by atoms with Crippen LogP contribution in [0.1, 0.15) is 35.1 Å². The molecule has 0 aromatic heterocycles. The van der Waals surface area contributed by atoms with Gasteiger partial charge in [0.05, 0.1) is 29.4 Å². The maximum Gasteiger partial charge on any atom is 0.435 e. The summed E-state index contributed by atoms with van der Waals surface area (Å²) in [4.78, 5) is 17.0. The Balaban J connectivity index is 1.53. The van der Waals surface area contributed by atoms with E-state index in [1.165, 1.54) is 24.3 Å². The number of halogens is 11. The first-order valence-electron chi connectivity index (χ1n) is 10.7. The molecule has 2 aliphatic heterocycles. The number of rotatable bonds is 4. The molecule has 2 aliphatic rings. The van der Waals surface area contributed by atoms with Crippen molar-refractivity contribution in [2.75, 3.05) is 13.1 Å². The van der Waals surface area contributed by atoms with E-state index in [0.29, 0.717) is 11.0 Å². The van der Waals surface area contributed by atoms with Gasteiger partial charge in [0.2, 0.25) is 5.91 Å². The average molecular weight is 577 g/mol. The van der Waals surface area contributed by atoms with Crippen LogP contribution in [0.3, 0.4) is 0 Å². The minimum Gasteiger partial charge on any atom is -0.374 e. The standard InChI is InChI=1S/C23H15ClF10N2O2/c24-16-6-5-14(7-15(16)22(29,30)31)20(23(32,33)34)8-17(35-38-20)12-1-3-13(4-2-12)19(25)10-36(11-19)18(37)9-21(26,27)28/h1-7H,8-11H2. The molecule has 0 bridgehead atoms. The summed E-state index contributed by atoms with van der Waals surface area (Å²) in [6, 6.07) is 6.38. The number of carbonyl (C=O) groups is 1. The molecule has 4 nitrogen and oxygen atoms in total. The van der Waals surface area contributed by atoms with E-state index in [-0.39, 0.29) is 22.9 Å². The van der Waals surface area contributed by atoms with Crippen LogP contribution in [0.25, 0.3) is 0 Å². The third kappa shape index (κ3) is 5.14. The Labute approximate surface area is 212 Å². The molecule has 206 valence electrons. The quantitative estimate of drug-likeness (QED) is 0.372. The van der Waals surface area contributed by atoms with E-state index in [2.05, 4.69) is 5.16 Å². The monoisotopic (exact) mass is 576 g/mol. The maximum absolute atomic E-state index is 15.1. The fourth-order valence-electron chi connectivity index (χ4n) is 4.21. The van der Waals surface area contributed by atoms with Crippen LogP contribution in [0.5, 0.6) is 0 Å². The minimum atomic E-state index is -5.20. The maximum atomic E-state index is 15.1. The number of hydrogen-bond acceptors (Lipinski definition) is 3. The molecule has 0 aliphatic carbocycles. The van der Waals surface area contributed by atoms with E-state index in [1.807, 2.05) is 0 Å². The Kier molecular flexibility index (Phi) is 6.65. The van der Waals surface area contributed by atoms with E-state index < -0.39 is 77.8 Å². The molecule has 0 N–H and O–H groups in total. The molecule has 15 heteroatoms. The SMILES string of the molecule is O=C(CC(F)(F)F)N1CC(F)(c2ccc(C3=NOC(c4ccc(Cl)c(C(F)(F)F)c4)(C(F)(F)F)C3)cc2)C1. The van der Waals surface area contributed by atoms with Gasteiger partial charge in [-0.15, -0.1) is 0 Å². The summed E-state index contributed by atoms with van der Waals surface area (Å²) in [7, 11) is 0. The Morgan fingerprint density at radius 2 is 1.53 bits per heavy atom. The van der Waals surface area contributed by atoms with Crippen molar-refractivity contribution in [3.05, 3.63) is 69.7 Å². The highest BCUT2D eigenvalue weighted by atomic mass is 35.5. The van der Waals surface area contributed by atoms with Gasteiger partial charge in [-0.25, -0.2) is 4.39 Å².